The Morgan fingerprint density at radius 2 is 1.23 bits per heavy atom. The first kappa shape index (κ1) is 54.0. The minimum absolute atomic E-state index is 0.0328. The maximum atomic E-state index is 11.5. The van der Waals surface area contributed by atoms with Crippen molar-refractivity contribution in [2.75, 3.05) is 19.8 Å². The van der Waals surface area contributed by atoms with Gasteiger partial charge in [-0.1, -0.05) is 127 Å². The fraction of sp³-hybridized carbons (Fsp3) is 0.647. The maximum absolute atomic E-state index is 11.5. The van der Waals surface area contributed by atoms with Crippen molar-refractivity contribution in [1.82, 2.24) is 30.0 Å². The molecule has 0 radical (unpaired) electrons. The van der Waals surface area contributed by atoms with Gasteiger partial charge in [-0.25, -0.2) is 19.0 Å². The molecule has 0 spiro atoms. The Morgan fingerprint density at radius 3 is 1.73 bits per heavy atom. The number of ether oxygens (including phenoxy) is 4. The Hall–Kier alpha value is -4.74. The summed E-state index contributed by atoms with van der Waals surface area (Å²) in [7, 11) is 0. The standard InChI is InChI=1S/C51H72N6O14/c1-47(2,3)31-15-17-35-36-18-16-32(48(4,5)6)24-38(36)49(37(35)23-31,19-11-7-9-13-21-68-28-33-26-56(54-52-33)44-42(61)40(59)41(60)43(71-44)45(62)63)20-12-8-10-14-22-69-29-34-27-57(55-53-34)50(66)30-70-51(67,46(64)65)25-39(50)58/h15-18,23-24,26-27,39-44,58-61,66-67H,7-14,19-22,25,28-30H2,1-6H3,(H,62,63)(H,64,65). The summed E-state index contributed by atoms with van der Waals surface area (Å²) >= 11 is 0. The van der Waals surface area contributed by atoms with Crippen molar-refractivity contribution < 1.29 is 69.4 Å². The highest BCUT2D eigenvalue weighted by molar-refractivity contribution is 5.82. The number of aliphatic hydroxyl groups excluding tert-OH is 4. The van der Waals surface area contributed by atoms with E-state index in [1.54, 1.807) is 0 Å². The van der Waals surface area contributed by atoms with E-state index in [-0.39, 0.29) is 29.5 Å². The van der Waals surface area contributed by atoms with E-state index in [9.17, 15) is 50.4 Å². The number of nitrogens with zero attached hydrogens (tertiary/aromatic N) is 6. The van der Waals surface area contributed by atoms with E-state index in [0.29, 0.717) is 24.6 Å². The Bertz CT molecular complexity index is 2400. The van der Waals surface area contributed by atoms with Gasteiger partial charge >= 0.3 is 11.9 Å². The molecule has 2 aromatic heterocycles. The molecule has 0 amide bonds. The molecule has 2 aliphatic heterocycles. The zero-order chi connectivity index (χ0) is 51.5. The van der Waals surface area contributed by atoms with E-state index in [2.05, 4.69) is 98.6 Å². The number of benzene rings is 2. The molecule has 1 aliphatic carbocycles. The van der Waals surface area contributed by atoms with Gasteiger partial charge in [0.05, 0.1) is 25.6 Å². The van der Waals surface area contributed by atoms with Crippen LogP contribution in [-0.2, 0) is 63.7 Å². The van der Waals surface area contributed by atoms with Gasteiger partial charge in [0.15, 0.2) is 12.3 Å². The van der Waals surface area contributed by atoms with E-state index in [1.165, 1.54) is 45.8 Å². The van der Waals surface area contributed by atoms with E-state index < -0.39 is 73.2 Å². The number of unbranched alkanes of at least 4 members (excludes halogenated alkanes) is 6. The number of hydrogen-bond acceptors (Lipinski definition) is 16. The second kappa shape index (κ2) is 21.8. The minimum Gasteiger partial charge on any atom is -0.479 e. The molecule has 2 saturated heterocycles. The van der Waals surface area contributed by atoms with Crippen molar-refractivity contribution in [3.05, 3.63) is 82.4 Å². The molecule has 2 aromatic carbocycles. The quantitative estimate of drug-likeness (QED) is 0.0508. The third-order valence-corrected chi connectivity index (χ3v) is 14.3. The monoisotopic (exact) mass is 993 g/mol. The number of rotatable bonds is 22. The van der Waals surface area contributed by atoms with Crippen molar-refractivity contribution in [3.63, 3.8) is 0 Å². The third-order valence-electron chi connectivity index (χ3n) is 14.3. The fourth-order valence-electron chi connectivity index (χ4n) is 9.93. The molecule has 4 heterocycles. The molecule has 2 fully saturated rings. The Kier molecular flexibility index (Phi) is 16.6. The Balaban J connectivity index is 0.941. The van der Waals surface area contributed by atoms with Gasteiger partial charge in [-0.3, -0.25) is 0 Å². The molecule has 71 heavy (non-hydrogen) atoms. The van der Waals surface area contributed by atoms with Gasteiger partial charge in [0.2, 0.25) is 5.72 Å². The zero-order valence-corrected chi connectivity index (χ0v) is 41.6. The predicted molar refractivity (Wildman–Crippen MR) is 255 cm³/mol. The summed E-state index contributed by atoms with van der Waals surface area (Å²) in [6, 6.07) is 14.2. The summed E-state index contributed by atoms with van der Waals surface area (Å²) in [5, 5.41) is 97.0. The van der Waals surface area contributed by atoms with E-state index in [1.807, 2.05) is 0 Å². The van der Waals surface area contributed by atoms with Gasteiger partial charge in [-0.15, -0.1) is 10.2 Å². The molecule has 3 aliphatic rings. The van der Waals surface area contributed by atoms with Crippen molar-refractivity contribution in [3.8, 4) is 11.1 Å². The smallest absolute Gasteiger partial charge is 0.364 e. The van der Waals surface area contributed by atoms with Crippen LogP contribution < -0.4 is 0 Å². The molecule has 8 unspecified atom stereocenters. The number of carboxylic acids is 2. The van der Waals surface area contributed by atoms with Gasteiger partial charge in [-0.05, 0) is 69.9 Å². The summed E-state index contributed by atoms with van der Waals surface area (Å²) in [5.74, 6) is -5.76. The zero-order valence-electron chi connectivity index (χ0n) is 41.6. The van der Waals surface area contributed by atoms with Crippen LogP contribution in [0.1, 0.15) is 152 Å². The second-order valence-electron chi connectivity index (χ2n) is 21.6. The van der Waals surface area contributed by atoms with E-state index in [0.717, 1.165) is 73.6 Å². The molecule has 7 rings (SSSR count). The Labute approximate surface area is 413 Å². The average Bonchev–Trinajstić information content (AvgIpc) is 4.06. The van der Waals surface area contributed by atoms with Gasteiger partial charge in [-0.2, -0.15) is 0 Å². The number of carboxylic acid groups (broad SMARTS) is 2. The summed E-state index contributed by atoms with van der Waals surface area (Å²) < 4.78 is 24.3. The molecule has 0 saturated carbocycles. The first-order valence-corrected chi connectivity index (χ1v) is 24.7. The van der Waals surface area contributed by atoms with Gasteiger partial charge in [0.1, 0.15) is 42.4 Å². The van der Waals surface area contributed by atoms with Gasteiger partial charge in [0.25, 0.3) is 5.79 Å². The average molecular weight is 993 g/mol. The molecule has 0 bridgehead atoms. The number of carbonyl (C=O) groups is 2. The van der Waals surface area contributed by atoms with Crippen LogP contribution >= 0.6 is 0 Å². The normalized spacial score (nSPS) is 26.3. The van der Waals surface area contributed by atoms with Gasteiger partial charge < -0.3 is 59.8 Å². The predicted octanol–water partition coefficient (Wildman–Crippen LogP) is 4.33. The lowest BCUT2D eigenvalue weighted by molar-refractivity contribution is -0.313. The van der Waals surface area contributed by atoms with Gasteiger partial charge in [0, 0.05) is 25.0 Å². The fourth-order valence-corrected chi connectivity index (χ4v) is 9.93. The summed E-state index contributed by atoms with van der Waals surface area (Å²) in [4.78, 5) is 22.9. The van der Waals surface area contributed by atoms with Crippen molar-refractivity contribution in [2.24, 2.45) is 0 Å². The molecule has 20 nitrogen and oxygen atoms in total. The van der Waals surface area contributed by atoms with Crippen LogP contribution in [0, 0.1) is 0 Å². The number of hydrogen-bond donors (Lipinski definition) is 8. The number of aromatic nitrogens is 6. The number of fused-ring (bicyclic) bond motifs is 3. The molecule has 20 heteroatoms. The van der Waals surface area contributed by atoms with E-state index >= 15 is 0 Å². The highest BCUT2D eigenvalue weighted by atomic mass is 16.7. The molecule has 390 valence electrons. The third kappa shape index (κ3) is 11.7. The lowest BCUT2D eigenvalue weighted by Crippen LogP contribution is -2.61. The molecular weight excluding hydrogens is 921 g/mol. The molecule has 8 N–H and O–H groups in total. The Morgan fingerprint density at radius 1 is 0.704 bits per heavy atom. The van der Waals surface area contributed by atoms with Crippen molar-refractivity contribution in [1.29, 1.82) is 0 Å². The van der Waals surface area contributed by atoms with E-state index in [4.69, 9.17) is 18.9 Å². The van der Waals surface area contributed by atoms with Crippen LogP contribution in [0.15, 0.2) is 48.8 Å². The SMILES string of the molecule is CC(C)(C)c1ccc2c(c1)C(CCCCCCOCc1cn(C3OC(C(=O)O)C(O)C(O)C3O)nn1)(CCCCCCOCc1cn(C3(O)COC(O)(C(=O)O)CC3O)nn1)c1cc(C(C)(C)C)ccc1-2. The highest BCUT2D eigenvalue weighted by Crippen LogP contribution is 2.55. The molecule has 4 aromatic rings. The summed E-state index contributed by atoms with van der Waals surface area (Å²) in [6.45, 7) is 14.1. The lowest BCUT2D eigenvalue weighted by Gasteiger charge is -2.41. The first-order valence-electron chi connectivity index (χ1n) is 24.7. The second-order valence-corrected chi connectivity index (χ2v) is 21.6. The van der Waals surface area contributed by atoms with Crippen LogP contribution in [0.3, 0.4) is 0 Å². The summed E-state index contributed by atoms with van der Waals surface area (Å²) in [5.41, 5.74) is 6.53. The molecule has 8 atom stereocenters. The topological polar surface area (TPSA) is 294 Å². The maximum Gasteiger partial charge on any atom is 0.364 e. The lowest BCUT2D eigenvalue weighted by atomic mass is 9.69. The first-order chi connectivity index (χ1) is 33.5. The number of aliphatic hydroxyl groups is 6. The van der Waals surface area contributed by atoms with Crippen LogP contribution in [0.2, 0.25) is 0 Å². The van der Waals surface area contributed by atoms with Crippen LogP contribution in [0.25, 0.3) is 11.1 Å². The number of aliphatic carboxylic acids is 2. The molecular formula is C51H72N6O14. The largest absolute Gasteiger partial charge is 0.479 e. The minimum atomic E-state index is -2.62. The summed E-state index contributed by atoms with van der Waals surface area (Å²) in [6.07, 6.45) is 1.71. The van der Waals surface area contributed by atoms with Crippen LogP contribution in [0.5, 0.6) is 0 Å². The van der Waals surface area contributed by atoms with Crippen molar-refractivity contribution >= 4 is 11.9 Å². The van der Waals surface area contributed by atoms with Crippen molar-refractivity contribution in [2.45, 2.75) is 190 Å². The highest BCUT2D eigenvalue weighted by Gasteiger charge is 2.54. The van der Waals surface area contributed by atoms with Crippen LogP contribution in [-0.4, -0.2) is 139 Å². The van der Waals surface area contributed by atoms with Crippen LogP contribution in [0.4, 0.5) is 0 Å².